The molecule has 0 spiro atoms. The molecule has 14 atom stereocenters. The zero-order valence-electron chi connectivity index (χ0n) is 38.3. The third-order valence-electron chi connectivity index (χ3n) is 18.3. The summed E-state index contributed by atoms with van der Waals surface area (Å²) < 4.78 is 6.45. The van der Waals surface area contributed by atoms with Crippen molar-refractivity contribution in [2.75, 3.05) is 0 Å². The molecule has 8 aliphatic rings. The fourth-order valence-corrected chi connectivity index (χ4v) is 16.4. The van der Waals surface area contributed by atoms with Crippen LogP contribution in [0.2, 0.25) is 0 Å². The molecule has 0 saturated heterocycles. The third-order valence-corrected chi connectivity index (χ3v) is 20.0. The van der Waals surface area contributed by atoms with Crippen molar-refractivity contribution in [1.29, 1.82) is 0 Å². The minimum atomic E-state index is -0.116. The van der Waals surface area contributed by atoms with E-state index in [1.807, 2.05) is 30.6 Å². The van der Waals surface area contributed by atoms with Gasteiger partial charge < -0.3 is 19.9 Å². The molecule has 64 heavy (non-hydrogen) atoms. The third kappa shape index (κ3) is 8.06. The first kappa shape index (κ1) is 44.5. The number of nitrogens with zero attached hydrogens (tertiary/aromatic N) is 2. The molecular formula is C56H67BIN2O4. The summed E-state index contributed by atoms with van der Waals surface area (Å²) in [5.41, 5.74) is 6.94. The normalized spacial score (nSPS) is 38.1. The van der Waals surface area contributed by atoms with Gasteiger partial charge in [-0.2, -0.15) is 0 Å². The standard InChI is InChI=1S/C28H33NO.C19H27IO.C9H7BNO2/c1-17-13-22(30)15-20-5-6-23-24(27(17)20)9-11-28(2)25(7-8-26(23)28)19-4-3-18-10-12-29-16-21(18)14-19;1-11-9-13(21)10-12-3-4-14-15(18(11)12)7-8-19(2)16(14)5-6-17(19)20;12-10-13-9-2-1-7-3-4-11-6-8(7)5-9/h3-5,7,10,12,14,16-17,22-24,26-27,30H,6,8-9,11,13,15H2,1-2H3;3,6,11,13-16,18,21H,4-5,7-10H2,1-2H3;1-6,12H/t17-,22+,23-,24+,26+,27?,28-;11-,13+,14-,15+,16+,18?,19+;/m11./s1. The summed E-state index contributed by atoms with van der Waals surface area (Å²) in [6, 6.07) is 16.5. The van der Waals surface area contributed by atoms with Gasteiger partial charge in [0.2, 0.25) is 0 Å². The molecule has 2 unspecified atom stereocenters. The molecule has 3 N–H and O–H groups in total. The van der Waals surface area contributed by atoms with E-state index in [1.54, 1.807) is 38.8 Å². The van der Waals surface area contributed by atoms with Crippen LogP contribution in [0.25, 0.3) is 27.1 Å². The monoisotopic (exact) mass is 969 g/mol. The summed E-state index contributed by atoms with van der Waals surface area (Å²) in [4.78, 5) is 8.33. The lowest BCUT2D eigenvalue weighted by atomic mass is 9.50. The van der Waals surface area contributed by atoms with Crippen LogP contribution in [0.5, 0.6) is 5.75 Å². The molecule has 0 aliphatic heterocycles. The number of benzene rings is 2. The number of allylic oxidation sites excluding steroid dienone is 6. The second-order valence-corrected chi connectivity index (χ2v) is 22.9. The zero-order valence-corrected chi connectivity index (χ0v) is 40.4. The number of aliphatic hydroxyl groups is 2. The molecule has 2 aromatic carbocycles. The minimum Gasteiger partial charge on any atom is -0.537 e. The Bertz CT molecular complexity index is 2500. The Kier molecular flexibility index (Phi) is 12.6. The van der Waals surface area contributed by atoms with Crippen molar-refractivity contribution < 1.29 is 19.9 Å². The second-order valence-electron chi connectivity index (χ2n) is 21.7. The van der Waals surface area contributed by atoms with Gasteiger partial charge in [-0.15, -0.1) is 0 Å². The van der Waals surface area contributed by atoms with Crippen molar-refractivity contribution in [2.24, 2.45) is 70.0 Å². The molecule has 4 saturated carbocycles. The Balaban J connectivity index is 0.000000124. The minimum absolute atomic E-state index is 0.0815. The Labute approximate surface area is 395 Å². The SMILES string of the molecule is C[C@@H]1C[C@H](O)CC2=CC[C@@H]3[C@H](CC[C@]4(C)C(I)=CC[C@@H]34)C21.C[C@@H]1C[C@H](O)CC2=CC[C@@H]3[C@H](CC[C@]4(C)C(c5ccc6ccncc6c5)=CC[C@@H]34)C21.O[B]Oc1ccc2ccncc2c1. The molecule has 2 heterocycles. The number of halogens is 1. The van der Waals surface area contributed by atoms with Crippen molar-refractivity contribution in [3.63, 3.8) is 0 Å². The lowest BCUT2D eigenvalue weighted by Crippen LogP contribution is -2.47. The van der Waals surface area contributed by atoms with Crippen LogP contribution in [0.4, 0.5) is 0 Å². The van der Waals surface area contributed by atoms with Crippen LogP contribution in [0.3, 0.4) is 0 Å². The largest absolute Gasteiger partial charge is 0.569 e. The van der Waals surface area contributed by atoms with Gasteiger partial charge in [-0.05, 0) is 220 Å². The molecule has 1 radical (unpaired) electrons. The van der Waals surface area contributed by atoms with Crippen LogP contribution in [0.15, 0.2) is 112 Å². The Hall–Kier alpha value is -3.31. The van der Waals surface area contributed by atoms with Crippen molar-refractivity contribution in [3.8, 4) is 5.75 Å². The highest BCUT2D eigenvalue weighted by Gasteiger charge is 2.55. The van der Waals surface area contributed by atoms with Crippen LogP contribution in [-0.2, 0) is 0 Å². The van der Waals surface area contributed by atoms with Gasteiger partial charge in [-0.25, -0.2) is 0 Å². The Morgan fingerprint density at radius 2 is 1.19 bits per heavy atom. The summed E-state index contributed by atoms with van der Waals surface area (Å²) in [6.45, 7) is 9.84. The lowest BCUT2D eigenvalue weighted by Gasteiger charge is -2.54. The molecular weight excluding hydrogens is 902 g/mol. The van der Waals surface area contributed by atoms with E-state index in [1.165, 1.54) is 67.7 Å². The number of rotatable bonds is 3. The molecule has 2 aromatic heterocycles. The fraction of sp³-hybridized carbons (Fsp3) is 0.536. The predicted octanol–water partition coefficient (Wildman–Crippen LogP) is 12.6. The van der Waals surface area contributed by atoms with Gasteiger partial charge in [0.25, 0.3) is 0 Å². The van der Waals surface area contributed by atoms with Crippen LogP contribution >= 0.6 is 22.6 Å². The van der Waals surface area contributed by atoms with E-state index in [9.17, 15) is 10.2 Å². The van der Waals surface area contributed by atoms with Crippen molar-refractivity contribution in [3.05, 3.63) is 118 Å². The maximum absolute atomic E-state index is 10.3. The van der Waals surface area contributed by atoms with Gasteiger partial charge in [0.15, 0.2) is 0 Å². The molecule has 8 aliphatic carbocycles. The highest BCUT2D eigenvalue weighted by molar-refractivity contribution is 14.1. The van der Waals surface area contributed by atoms with E-state index >= 15 is 0 Å². The summed E-state index contributed by atoms with van der Waals surface area (Å²) in [5, 5.41) is 33.4. The molecule has 12 rings (SSSR count). The van der Waals surface area contributed by atoms with Gasteiger partial charge >= 0.3 is 7.69 Å². The molecule has 0 bridgehead atoms. The van der Waals surface area contributed by atoms with E-state index in [-0.39, 0.29) is 12.2 Å². The van der Waals surface area contributed by atoms with Gasteiger partial charge in [-0.3, -0.25) is 9.97 Å². The first-order valence-corrected chi connectivity index (χ1v) is 25.6. The fourth-order valence-electron chi connectivity index (χ4n) is 15.5. The van der Waals surface area contributed by atoms with Crippen LogP contribution in [0.1, 0.15) is 110 Å². The van der Waals surface area contributed by atoms with Gasteiger partial charge in [0, 0.05) is 41.0 Å². The summed E-state index contributed by atoms with van der Waals surface area (Å²) >= 11 is 2.60. The maximum atomic E-state index is 10.3. The van der Waals surface area contributed by atoms with Crippen molar-refractivity contribution in [2.45, 2.75) is 117 Å². The second kappa shape index (κ2) is 18.1. The Morgan fingerprint density at radius 3 is 1.80 bits per heavy atom. The first-order chi connectivity index (χ1) is 30.9. The average molecular weight is 970 g/mol. The molecule has 335 valence electrons. The van der Waals surface area contributed by atoms with E-state index in [0.717, 1.165) is 77.9 Å². The summed E-state index contributed by atoms with van der Waals surface area (Å²) in [5.74, 6) is 8.41. The number of fused-ring (bicyclic) bond motifs is 12. The summed E-state index contributed by atoms with van der Waals surface area (Å²) in [6.07, 6.45) is 31.7. The van der Waals surface area contributed by atoms with Crippen LogP contribution < -0.4 is 4.65 Å². The smallest absolute Gasteiger partial charge is 0.537 e. The van der Waals surface area contributed by atoms with E-state index < -0.39 is 0 Å². The molecule has 4 fully saturated rings. The average Bonchev–Trinajstić information content (AvgIpc) is 3.81. The number of pyridine rings is 2. The number of aromatic nitrogens is 2. The molecule has 4 aromatic rings. The molecule has 0 amide bonds. The van der Waals surface area contributed by atoms with E-state index in [2.05, 4.69) is 109 Å². The van der Waals surface area contributed by atoms with Gasteiger partial charge in [-0.1, -0.05) is 81.3 Å². The van der Waals surface area contributed by atoms with Gasteiger partial charge in [0.1, 0.15) is 5.75 Å². The van der Waals surface area contributed by atoms with E-state index in [4.69, 9.17) is 9.68 Å². The lowest BCUT2D eigenvalue weighted by molar-refractivity contribution is -0.00469. The topological polar surface area (TPSA) is 95.7 Å². The van der Waals surface area contributed by atoms with Gasteiger partial charge in [0.05, 0.1) is 12.2 Å². The maximum Gasteiger partial charge on any atom is 0.569 e. The summed E-state index contributed by atoms with van der Waals surface area (Å²) in [7, 11) is 0.664. The number of hydrogen-bond donors (Lipinski definition) is 3. The highest BCUT2D eigenvalue weighted by atomic mass is 127. The number of aliphatic hydroxyl groups excluding tert-OH is 2. The van der Waals surface area contributed by atoms with E-state index in [0.29, 0.717) is 42.0 Å². The van der Waals surface area contributed by atoms with Crippen molar-refractivity contribution >= 4 is 57.4 Å². The zero-order chi connectivity index (χ0) is 44.3. The number of hydrogen-bond acceptors (Lipinski definition) is 6. The van der Waals surface area contributed by atoms with Crippen molar-refractivity contribution in [1.82, 2.24) is 9.97 Å². The highest BCUT2D eigenvalue weighted by Crippen LogP contribution is 2.65. The molecule has 6 nitrogen and oxygen atoms in total. The predicted molar refractivity (Wildman–Crippen MR) is 268 cm³/mol. The van der Waals surface area contributed by atoms with Crippen LogP contribution in [0, 0.1) is 70.0 Å². The first-order valence-electron chi connectivity index (χ1n) is 24.6. The Morgan fingerprint density at radius 1 is 0.641 bits per heavy atom. The molecule has 8 heteroatoms. The van der Waals surface area contributed by atoms with Crippen LogP contribution in [-0.4, -0.2) is 45.1 Å². The quantitative estimate of drug-likeness (QED) is 0.108.